The van der Waals surface area contributed by atoms with Crippen molar-refractivity contribution < 1.29 is 9.53 Å². The molecule has 21 heavy (non-hydrogen) atoms. The highest BCUT2D eigenvalue weighted by molar-refractivity contribution is 7.15. The predicted octanol–water partition coefficient (Wildman–Crippen LogP) is 1.81. The molecule has 0 atom stereocenters. The number of rotatable bonds is 2. The van der Waals surface area contributed by atoms with E-state index in [-0.39, 0.29) is 0 Å². The standard InChI is InChI=1S/C15H21N3O2S/c19-14-2-1-6-18(14)11-3-7-17(8-4-11)15-16-12-5-9-20-10-13(12)21-15/h11H,1-10H2. The minimum atomic E-state index is 0.357. The van der Waals surface area contributed by atoms with Gasteiger partial charge in [0.25, 0.3) is 0 Å². The molecule has 0 aromatic carbocycles. The largest absolute Gasteiger partial charge is 0.375 e. The number of fused-ring (bicyclic) bond motifs is 1. The van der Waals surface area contributed by atoms with Crippen LogP contribution in [0.2, 0.25) is 0 Å². The third kappa shape index (κ3) is 2.55. The number of ether oxygens (including phenoxy) is 1. The molecular weight excluding hydrogens is 286 g/mol. The van der Waals surface area contributed by atoms with Gasteiger partial charge >= 0.3 is 0 Å². The summed E-state index contributed by atoms with van der Waals surface area (Å²) < 4.78 is 5.50. The highest BCUT2D eigenvalue weighted by atomic mass is 32.1. The molecule has 2 fully saturated rings. The van der Waals surface area contributed by atoms with E-state index in [0.29, 0.717) is 11.9 Å². The van der Waals surface area contributed by atoms with Gasteiger partial charge in [0, 0.05) is 38.5 Å². The molecule has 0 unspecified atom stereocenters. The highest BCUT2D eigenvalue weighted by Gasteiger charge is 2.31. The second kappa shape index (κ2) is 5.57. The van der Waals surface area contributed by atoms with Gasteiger partial charge in [-0.25, -0.2) is 4.98 Å². The Morgan fingerprint density at radius 1 is 1.19 bits per heavy atom. The van der Waals surface area contributed by atoms with Crippen LogP contribution >= 0.6 is 11.3 Å². The smallest absolute Gasteiger partial charge is 0.222 e. The molecular formula is C15H21N3O2S. The van der Waals surface area contributed by atoms with Crippen LogP contribution in [-0.2, 0) is 22.6 Å². The summed E-state index contributed by atoms with van der Waals surface area (Å²) in [7, 11) is 0. The average Bonchev–Trinajstić information content (AvgIpc) is 3.13. The van der Waals surface area contributed by atoms with Crippen LogP contribution in [-0.4, -0.2) is 48.1 Å². The lowest BCUT2D eigenvalue weighted by molar-refractivity contribution is -0.130. The number of piperidine rings is 1. The summed E-state index contributed by atoms with van der Waals surface area (Å²) >= 11 is 1.79. The number of carbonyl (C=O) groups excluding carboxylic acids is 1. The van der Waals surface area contributed by atoms with Crippen molar-refractivity contribution >= 4 is 22.4 Å². The number of hydrogen-bond donors (Lipinski definition) is 0. The van der Waals surface area contributed by atoms with Gasteiger partial charge in [-0.2, -0.15) is 0 Å². The molecule has 3 aliphatic heterocycles. The molecule has 1 aromatic rings. The maximum absolute atomic E-state index is 11.8. The van der Waals surface area contributed by atoms with Gasteiger partial charge in [0.15, 0.2) is 5.13 Å². The fourth-order valence-electron chi connectivity index (χ4n) is 3.57. The summed E-state index contributed by atoms with van der Waals surface area (Å²) in [6.07, 6.45) is 4.89. The number of aromatic nitrogens is 1. The lowest BCUT2D eigenvalue weighted by Gasteiger charge is -2.36. The maximum atomic E-state index is 11.8. The van der Waals surface area contributed by atoms with Gasteiger partial charge in [-0.3, -0.25) is 4.79 Å². The van der Waals surface area contributed by atoms with E-state index in [0.717, 1.165) is 70.1 Å². The lowest BCUT2D eigenvalue weighted by atomic mass is 10.0. The first-order chi connectivity index (χ1) is 10.3. The second-order valence-electron chi connectivity index (χ2n) is 6.08. The quantitative estimate of drug-likeness (QED) is 0.836. The van der Waals surface area contributed by atoms with Crippen LogP contribution in [0.3, 0.4) is 0 Å². The number of carbonyl (C=O) groups is 1. The molecule has 3 aliphatic rings. The van der Waals surface area contributed by atoms with E-state index in [4.69, 9.17) is 9.72 Å². The van der Waals surface area contributed by atoms with Gasteiger partial charge in [-0.05, 0) is 19.3 Å². The van der Waals surface area contributed by atoms with E-state index in [1.54, 1.807) is 11.3 Å². The molecule has 2 saturated heterocycles. The van der Waals surface area contributed by atoms with E-state index in [2.05, 4.69) is 9.80 Å². The molecule has 6 heteroatoms. The van der Waals surface area contributed by atoms with E-state index in [1.807, 2.05) is 0 Å². The van der Waals surface area contributed by atoms with Crippen LogP contribution < -0.4 is 4.90 Å². The summed E-state index contributed by atoms with van der Waals surface area (Å²) in [6, 6.07) is 0.453. The molecule has 5 nitrogen and oxygen atoms in total. The average molecular weight is 307 g/mol. The molecule has 1 aromatic heterocycles. The van der Waals surface area contributed by atoms with Crippen LogP contribution in [0.1, 0.15) is 36.3 Å². The minimum Gasteiger partial charge on any atom is -0.375 e. The minimum absolute atomic E-state index is 0.357. The normalized spacial score (nSPS) is 23.7. The number of anilines is 1. The zero-order valence-electron chi connectivity index (χ0n) is 12.2. The van der Waals surface area contributed by atoms with Gasteiger partial charge in [0.1, 0.15) is 0 Å². The summed E-state index contributed by atoms with van der Waals surface area (Å²) in [4.78, 5) is 22.4. The van der Waals surface area contributed by atoms with E-state index in [9.17, 15) is 4.79 Å². The van der Waals surface area contributed by atoms with Crippen molar-refractivity contribution in [1.29, 1.82) is 0 Å². The summed E-state index contributed by atoms with van der Waals surface area (Å²) in [5.41, 5.74) is 1.23. The Labute approximate surface area is 128 Å². The van der Waals surface area contributed by atoms with Gasteiger partial charge in [0.2, 0.25) is 5.91 Å². The van der Waals surface area contributed by atoms with Crippen LogP contribution in [0.15, 0.2) is 0 Å². The number of likely N-dealkylation sites (tertiary alicyclic amines) is 1. The predicted molar refractivity (Wildman–Crippen MR) is 81.7 cm³/mol. The van der Waals surface area contributed by atoms with E-state index in [1.165, 1.54) is 10.6 Å². The van der Waals surface area contributed by atoms with Crippen molar-refractivity contribution in [2.75, 3.05) is 31.1 Å². The van der Waals surface area contributed by atoms with Crippen LogP contribution in [0, 0.1) is 0 Å². The van der Waals surface area contributed by atoms with Gasteiger partial charge in [-0.15, -0.1) is 0 Å². The molecule has 114 valence electrons. The number of thiazole rings is 1. The lowest BCUT2D eigenvalue weighted by Crippen LogP contribution is -2.45. The van der Waals surface area contributed by atoms with Crippen molar-refractivity contribution in [3.05, 3.63) is 10.6 Å². The van der Waals surface area contributed by atoms with E-state index >= 15 is 0 Å². The molecule has 4 rings (SSSR count). The summed E-state index contributed by atoms with van der Waals surface area (Å²) in [6.45, 7) is 4.52. The molecule has 4 heterocycles. The molecule has 0 N–H and O–H groups in total. The Hall–Kier alpha value is -1.14. The van der Waals surface area contributed by atoms with Crippen LogP contribution in [0.5, 0.6) is 0 Å². The van der Waals surface area contributed by atoms with Crippen molar-refractivity contribution in [2.45, 2.75) is 44.8 Å². The van der Waals surface area contributed by atoms with Gasteiger partial charge < -0.3 is 14.5 Å². The van der Waals surface area contributed by atoms with Crippen molar-refractivity contribution in [1.82, 2.24) is 9.88 Å². The van der Waals surface area contributed by atoms with E-state index < -0.39 is 0 Å². The molecule has 0 saturated carbocycles. The number of nitrogens with zero attached hydrogens (tertiary/aromatic N) is 3. The Kier molecular flexibility index (Phi) is 3.59. The Bertz CT molecular complexity index is 514. The molecule has 0 bridgehead atoms. The zero-order valence-corrected chi connectivity index (χ0v) is 13.0. The monoisotopic (exact) mass is 307 g/mol. The number of amides is 1. The first kappa shape index (κ1) is 13.5. The summed E-state index contributed by atoms with van der Waals surface area (Å²) in [5, 5.41) is 1.15. The molecule has 0 spiro atoms. The molecule has 0 aliphatic carbocycles. The Morgan fingerprint density at radius 3 is 2.76 bits per heavy atom. The first-order valence-corrected chi connectivity index (χ1v) is 8.73. The maximum Gasteiger partial charge on any atom is 0.222 e. The SMILES string of the molecule is O=C1CCCN1C1CCN(c2nc3c(s2)COCC3)CC1. The van der Waals surface area contributed by atoms with Crippen LogP contribution in [0.25, 0.3) is 0 Å². The Morgan fingerprint density at radius 2 is 2.05 bits per heavy atom. The highest BCUT2D eigenvalue weighted by Crippen LogP contribution is 2.32. The fourth-order valence-corrected chi connectivity index (χ4v) is 4.67. The third-order valence-corrected chi connectivity index (χ3v) is 5.90. The van der Waals surface area contributed by atoms with Gasteiger partial charge in [0.05, 0.1) is 23.8 Å². The number of hydrogen-bond acceptors (Lipinski definition) is 5. The van der Waals surface area contributed by atoms with Gasteiger partial charge in [-0.1, -0.05) is 11.3 Å². The topological polar surface area (TPSA) is 45.7 Å². The second-order valence-corrected chi connectivity index (χ2v) is 7.14. The first-order valence-electron chi connectivity index (χ1n) is 7.92. The van der Waals surface area contributed by atoms with Crippen molar-refractivity contribution in [3.63, 3.8) is 0 Å². The summed E-state index contributed by atoms with van der Waals surface area (Å²) in [5.74, 6) is 0.357. The van der Waals surface area contributed by atoms with Crippen LogP contribution in [0.4, 0.5) is 5.13 Å². The van der Waals surface area contributed by atoms with Crippen molar-refractivity contribution in [3.8, 4) is 0 Å². The third-order valence-electron chi connectivity index (χ3n) is 4.77. The zero-order chi connectivity index (χ0) is 14.2. The molecule has 0 radical (unpaired) electrons. The van der Waals surface area contributed by atoms with Crippen molar-refractivity contribution in [2.24, 2.45) is 0 Å². The fraction of sp³-hybridized carbons (Fsp3) is 0.733. The molecule has 1 amide bonds. The Balaban J connectivity index is 1.40.